The van der Waals surface area contributed by atoms with E-state index in [9.17, 15) is 19.4 Å². The molecule has 0 spiro atoms. The third kappa shape index (κ3) is 7.97. The van der Waals surface area contributed by atoms with E-state index in [1.54, 1.807) is 42.9 Å². The lowest BCUT2D eigenvalue weighted by atomic mass is 10.00. The summed E-state index contributed by atoms with van der Waals surface area (Å²) in [5.74, 6) is 0.768. The van der Waals surface area contributed by atoms with Crippen LogP contribution in [0.5, 0.6) is 0 Å². The Morgan fingerprint density at radius 1 is 1.06 bits per heavy atom. The van der Waals surface area contributed by atoms with Crippen LogP contribution in [0.25, 0.3) is 16.8 Å². The lowest BCUT2D eigenvalue weighted by molar-refractivity contribution is 0.364. The normalized spacial score (nSPS) is 14.4. The van der Waals surface area contributed by atoms with Gasteiger partial charge in [0.2, 0.25) is 0 Å². The number of nitrogens with zero attached hydrogens (tertiary/aromatic N) is 2. The molecule has 0 bridgehead atoms. The molecular formula is C24H26F5N5S2. The van der Waals surface area contributed by atoms with Gasteiger partial charge >= 0.3 is 10.2 Å². The van der Waals surface area contributed by atoms with Gasteiger partial charge in [0.15, 0.2) is 0 Å². The van der Waals surface area contributed by atoms with Crippen molar-refractivity contribution in [3.8, 4) is 11.1 Å². The molecule has 12 heteroatoms. The number of allylic oxidation sites excluding steroid dienone is 1. The molecule has 0 unspecified atom stereocenters. The van der Waals surface area contributed by atoms with Crippen molar-refractivity contribution in [3.05, 3.63) is 84.2 Å². The molecule has 0 radical (unpaired) electrons. The van der Waals surface area contributed by atoms with Crippen LogP contribution < -0.4 is 15.8 Å². The minimum absolute atomic E-state index is 0.345. The molecule has 2 aromatic carbocycles. The van der Waals surface area contributed by atoms with Crippen LogP contribution in [-0.2, 0) is 6.54 Å². The summed E-state index contributed by atoms with van der Waals surface area (Å²) in [6, 6.07) is 11.7. The SMILES string of the molecule is CNSCCNc1ccc(-c2ccc(S(F)(F)(F)(F)F)cc2)cc1/C(N)=C/C=NCc1cccnc1. The molecule has 4 N–H and O–H groups in total. The van der Waals surface area contributed by atoms with Gasteiger partial charge in [-0.05, 0) is 60.1 Å². The molecule has 3 rings (SSSR count). The molecule has 0 aliphatic heterocycles. The van der Waals surface area contributed by atoms with Crippen molar-refractivity contribution < 1.29 is 19.4 Å². The summed E-state index contributed by atoms with van der Waals surface area (Å²) < 4.78 is 68.4. The zero-order chi connectivity index (χ0) is 26.3. The molecule has 1 aromatic heterocycles. The van der Waals surface area contributed by atoms with Crippen LogP contribution in [0.2, 0.25) is 0 Å². The number of anilines is 1. The van der Waals surface area contributed by atoms with Crippen LogP contribution in [0.1, 0.15) is 11.1 Å². The first-order valence-electron chi connectivity index (χ1n) is 10.7. The highest BCUT2D eigenvalue weighted by Gasteiger charge is 2.65. The molecule has 5 nitrogen and oxygen atoms in total. The quantitative estimate of drug-likeness (QED) is 0.103. The van der Waals surface area contributed by atoms with Gasteiger partial charge in [-0.25, -0.2) is 0 Å². The highest BCUT2D eigenvalue weighted by atomic mass is 32.5. The Kier molecular flexibility index (Phi) is 8.01. The Morgan fingerprint density at radius 3 is 2.42 bits per heavy atom. The maximum absolute atomic E-state index is 13.1. The summed E-state index contributed by atoms with van der Waals surface area (Å²) >= 11 is 1.52. The summed E-state index contributed by atoms with van der Waals surface area (Å²) in [4.78, 5) is 6.43. The van der Waals surface area contributed by atoms with Crippen LogP contribution >= 0.6 is 22.2 Å². The lowest BCUT2D eigenvalue weighted by Crippen LogP contribution is -2.10. The van der Waals surface area contributed by atoms with E-state index in [1.165, 1.54) is 11.9 Å². The Morgan fingerprint density at radius 2 is 1.78 bits per heavy atom. The van der Waals surface area contributed by atoms with Crippen molar-refractivity contribution in [2.45, 2.75) is 11.4 Å². The molecule has 0 atom stereocenters. The zero-order valence-corrected chi connectivity index (χ0v) is 20.9. The number of aliphatic imine (C=N–C) groups is 1. The number of nitrogens with one attached hydrogen (secondary N) is 2. The third-order valence-corrected chi connectivity index (χ3v) is 6.84. The number of halogens is 5. The zero-order valence-electron chi connectivity index (χ0n) is 19.3. The molecule has 0 saturated heterocycles. The minimum atomic E-state index is -9.74. The molecule has 0 aliphatic carbocycles. The highest BCUT2D eigenvalue weighted by molar-refractivity contribution is 8.45. The van der Waals surface area contributed by atoms with E-state index in [0.29, 0.717) is 53.3 Å². The Labute approximate surface area is 211 Å². The van der Waals surface area contributed by atoms with Crippen molar-refractivity contribution in [2.24, 2.45) is 10.7 Å². The first-order valence-corrected chi connectivity index (χ1v) is 13.7. The Hall–Kier alpha value is -3.09. The third-order valence-electron chi connectivity index (χ3n) is 4.98. The first kappa shape index (κ1) is 27.5. The molecule has 0 saturated carbocycles. The van der Waals surface area contributed by atoms with Crippen LogP contribution in [0, 0.1) is 0 Å². The van der Waals surface area contributed by atoms with Gasteiger partial charge in [0.1, 0.15) is 4.90 Å². The fourth-order valence-corrected chi connectivity index (χ4v) is 4.29. The maximum Gasteiger partial charge on any atom is 0.310 e. The fourth-order valence-electron chi connectivity index (χ4n) is 3.23. The number of aromatic nitrogens is 1. The summed E-state index contributed by atoms with van der Waals surface area (Å²) in [6.07, 6.45) is 6.57. The number of hydrogen-bond donors (Lipinski definition) is 3. The second kappa shape index (κ2) is 10.5. The minimum Gasteiger partial charge on any atom is -0.398 e. The highest BCUT2D eigenvalue weighted by Crippen LogP contribution is 3.02. The van der Waals surface area contributed by atoms with Gasteiger partial charge in [0.05, 0.1) is 6.54 Å². The van der Waals surface area contributed by atoms with Crippen molar-refractivity contribution in [1.82, 2.24) is 9.71 Å². The van der Waals surface area contributed by atoms with E-state index in [2.05, 4.69) is 20.0 Å². The second-order valence-corrected chi connectivity index (χ2v) is 11.2. The van der Waals surface area contributed by atoms with Gasteiger partial charge in [-0.3, -0.25) is 14.7 Å². The predicted molar refractivity (Wildman–Crippen MR) is 142 cm³/mol. The summed E-state index contributed by atoms with van der Waals surface area (Å²) in [6.45, 7) is 1.04. The monoisotopic (exact) mass is 543 g/mol. The van der Waals surface area contributed by atoms with Crippen molar-refractivity contribution in [1.29, 1.82) is 0 Å². The number of nitrogens with two attached hydrogens (primary N) is 1. The smallest absolute Gasteiger partial charge is 0.310 e. The number of rotatable bonds is 11. The summed E-state index contributed by atoms with van der Waals surface area (Å²) in [5.41, 5.74) is 9.82. The van der Waals surface area contributed by atoms with E-state index in [0.717, 1.165) is 23.4 Å². The molecule has 0 amide bonds. The van der Waals surface area contributed by atoms with E-state index in [1.807, 2.05) is 19.2 Å². The molecule has 194 valence electrons. The molecule has 1 heterocycles. The van der Waals surface area contributed by atoms with Crippen LogP contribution in [0.4, 0.5) is 25.1 Å². The second-order valence-electron chi connectivity index (χ2n) is 7.71. The van der Waals surface area contributed by atoms with Gasteiger partial charge < -0.3 is 11.1 Å². The van der Waals surface area contributed by atoms with E-state index in [4.69, 9.17) is 5.73 Å². The average molecular weight is 544 g/mol. The lowest BCUT2D eigenvalue weighted by Gasteiger charge is -2.40. The fraction of sp³-hybridized carbons (Fsp3) is 0.167. The topological polar surface area (TPSA) is 75.3 Å². The summed E-state index contributed by atoms with van der Waals surface area (Å²) in [5, 5.41) is 3.29. The molecule has 3 aromatic rings. The van der Waals surface area contributed by atoms with E-state index in [-0.39, 0.29) is 0 Å². The predicted octanol–water partition coefficient (Wildman–Crippen LogP) is 7.26. The van der Waals surface area contributed by atoms with E-state index >= 15 is 0 Å². The molecular weight excluding hydrogens is 517 g/mol. The number of pyridine rings is 1. The molecule has 0 aliphatic rings. The molecule has 0 fully saturated rings. The van der Waals surface area contributed by atoms with Crippen LogP contribution in [0.15, 0.2) is 83.0 Å². The first-order chi connectivity index (χ1) is 16.9. The van der Waals surface area contributed by atoms with Gasteiger partial charge in [0, 0.05) is 47.9 Å². The van der Waals surface area contributed by atoms with Crippen LogP contribution in [-0.4, -0.2) is 30.5 Å². The Balaban J connectivity index is 1.89. The van der Waals surface area contributed by atoms with Gasteiger partial charge in [-0.1, -0.05) is 55.6 Å². The largest absolute Gasteiger partial charge is 0.398 e. The van der Waals surface area contributed by atoms with Gasteiger partial charge in [0.25, 0.3) is 0 Å². The van der Waals surface area contributed by atoms with Gasteiger partial charge in [-0.2, -0.15) is 0 Å². The average Bonchev–Trinajstić information content (AvgIpc) is 2.84. The van der Waals surface area contributed by atoms with Crippen molar-refractivity contribution in [2.75, 3.05) is 24.7 Å². The van der Waals surface area contributed by atoms with Crippen molar-refractivity contribution in [3.63, 3.8) is 0 Å². The standard InChI is InChI=1S/C24H26F5N5S2/c1-31-35-14-13-34-24-9-6-20(19-4-7-21(8-5-19)36(25,26,27,28)29)15-22(24)23(30)10-12-33-17-18-3-2-11-32-16-18/h2-12,15-16,31,34H,13-14,17,30H2,1H3/b23-10-,33-12?. The van der Waals surface area contributed by atoms with Crippen LogP contribution in [0.3, 0.4) is 0 Å². The Bertz CT molecular complexity index is 1230. The maximum atomic E-state index is 13.1. The van der Waals surface area contributed by atoms with E-state index < -0.39 is 15.1 Å². The van der Waals surface area contributed by atoms with Gasteiger partial charge in [-0.15, -0.1) is 0 Å². The van der Waals surface area contributed by atoms with Crippen molar-refractivity contribution >= 4 is 39.8 Å². The summed E-state index contributed by atoms with van der Waals surface area (Å²) in [7, 11) is -7.92. The number of hydrogen-bond acceptors (Lipinski definition) is 6. The molecule has 36 heavy (non-hydrogen) atoms. The number of benzene rings is 2.